The smallest absolute Gasteiger partial charge is 0.303 e. The molecular weight excluding hydrogens is 814 g/mol. The predicted molar refractivity (Wildman–Crippen MR) is 188 cm³/mol. The molecule has 3 heterocycles. The van der Waals surface area contributed by atoms with Gasteiger partial charge in [-0.05, 0) is 6.92 Å². The Kier molecular flexibility index (Phi) is 18.1. The van der Waals surface area contributed by atoms with Crippen LogP contribution in [0.5, 0.6) is 0 Å². The second-order valence-corrected chi connectivity index (χ2v) is 13.8. The van der Waals surface area contributed by atoms with Crippen LogP contribution in [0, 0.1) is 0 Å². The molecule has 24 nitrogen and oxygen atoms in total. The Balaban J connectivity index is 2.28. The number of aliphatic hydroxyl groups is 1. The molecule has 0 radical (unpaired) electrons. The summed E-state index contributed by atoms with van der Waals surface area (Å²) < 4.78 is 73.9. The second-order valence-electron chi connectivity index (χ2n) is 13.8. The first kappa shape index (κ1) is 49.4. The van der Waals surface area contributed by atoms with Crippen LogP contribution in [0.2, 0.25) is 0 Å². The van der Waals surface area contributed by atoms with Crippen molar-refractivity contribution in [1.29, 1.82) is 0 Å². The second kappa shape index (κ2) is 22.0. The average molecular weight is 866 g/mol. The topological polar surface area (TPSA) is 306 Å². The molecule has 3 aliphatic heterocycles. The summed E-state index contributed by atoms with van der Waals surface area (Å²) >= 11 is 0. The van der Waals surface area contributed by atoms with Crippen LogP contribution in [0.3, 0.4) is 0 Å². The number of ether oxygens (including phenoxy) is 13. The molecule has 0 aromatic carbocycles. The van der Waals surface area contributed by atoms with Gasteiger partial charge in [0.2, 0.25) is 5.91 Å². The summed E-state index contributed by atoms with van der Waals surface area (Å²) in [5.74, 6) is -7.93. The fraction of sp³-hybridized carbons (Fsp3) is 0.750. The Labute approximate surface area is 343 Å². The van der Waals surface area contributed by atoms with E-state index < -0.39 is 159 Å². The lowest BCUT2D eigenvalue weighted by Gasteiger charge is -2.50. The normalized spacial score (nSPS) is 33.8. The van der Waals surface area contributed by atoms with Gasteiger partial charge in [-0.1, -0.05) is 0 Å². The summed E-state index contributed by atoms with van der Waals surface area (Å²) in [6.07, 6.45) is -23.4. The third-order valence-corrected chi connectivity index (χ3v) is 8.65. The van der Waals surface area contributed by atoms with Crippen LogP contribution >= 0.6 is 0 Å². The Morgan fingerprint density at radius 1 is 0.450 bits per heavy atom. The lowest BCUT2D eigenvalue weighted by molar-refractivity contribution is -0.371. The van der Waals surface area contributed by atoms with Crippen molar-refractivity contribution in [3.05, 3.63) is 0 Å². The van der Waals surface area contributed by atoms with E-state index in [9.17, 15) is 48.3 Å². The fourth-order valence-corrected chi connectivity index (χ4v) is 6.66. The SMILES string of the molecule is CC(=O)NC1C(O)OC(COC(C)=O)C(OC2OC(COC(C)=O)[C@H](OC(C)=O)C(OC(C)=O)C2OC(C)=O)C1OC1OC(C)C(OC(C)=O)C(OC(C)=O)C1OC(C)=O. The van der Waals surface area contributed by atoms with Gasteiger partial charge in [0.1, 0.15) is 43.7 Å². The first-order valence-corrected chi connectivity index (χ1v) is 18.5. The van der Waals surface area contributed by atoms with Crippen molar-refractivity contribution in [2.24, 2.45) is 0 Å². The minimum atomic E-state index is -1.99. The molecule has 14 unspecified atom stereocenters. The number of rotatable bonds is 15. The molecule has 24 heteroatoms. The molecule has 3 saturated heterocycles. The third kappa shape index (κ3) is 14.0. The molecule has 0 spiro atoms. The Bertz CT molecular complexity index is 1600. The van der Waals surface area contributed by atoms with E-state index in [0.717, 1.165) is 62.3 Å². The highest BCUT2D eigenvalue weighted by Crippen LogP contribution is 2.37. The highest BCUT2D eigenvalue weighted by atomic mass is 16.8. The van der Waals surface area contributed by atoms with Gasteiger partial charge >= 0.3 is 47.8 Å². The van der Waals surface area contributed by atoms with Crippen molar-refractivity contribution in [1.82, 2.24) is 5.32 Å². The lowest BCUT2D eigenvalue weighted by Crippen LogP contribution is -2.70. The highest BCUT2D eigenvalue weighted by molar-refractivity contribution is 5.73. The number of carbonyl (C=O) groups is 9. The molecule has 3 rings (SSSR count). The molecule has 60 heavy (non-hydrogen) atoms. The summed E-state index contributed by atoms with van der Waals surface area (Å²) in [7, 11) is 0. The van der Waals surface area contributed by atoms with E-state index in [-0.39, 0.29) is 0 Å². The van der Waals surface area contributed by atoms with Gasteiger partial charge in [0.05, 0.1) is 6.10 Å². The standard InChI is InChI=1S/C36H51NO23/c1-13-26(51-17(5)41)30(53-19(7)43)32(55-21(9)45)35(50-13)60-29-25(37-14(2)38)34(47)57-23(11-48-15(3)39)27(29)59-36-33(56-22(10)46)31(54-20(8)44)28(52-18(6)42)24(58-36)12-49-16(4)40/h13,23-36,47H,11-12H2,1-10H3,(H,37,38)/t13?,23?,24?,25?,26?,27?,28-,29?,30?,31?,32?,33?,34?,35?,36?/m0/s1. The maximum Gasteiger partial charge on any atom is 0.303 e. The van der Waals surface area contributed by atoms with Crippen LogP contribution in [0.4, 0.5) is 0 Å². The van der Waals surface area contributed by atoms with Gasteiger partial charge in [-0.3, -0.25) is 43.2 Å². The van der Waals surface area contributed by atoms with Gasteiger partial charge in [0, 0.05) is 62.3 Å². The Morgan fingerprint density at radius 3 is 1.25 bits per heavy atom. The van der Waals surface area contributed by atoms with Crippen molar-refractivity contribution >= 4 is 53.7 Å². The Morgan fingerprint density at radius 2 is 0.817 bits per heavy atom. The fourth-order valence-electron chi connectivity index (χ4n) is 6.66. The number of hydrogen-bond acceptors (Lipinski definition) is 23. The Hall–Kier alpha value is -5.01. The van der Waals surface area contributed by atoms with E-state index in [2.05, 4.69) is 5.32 Å². The molecule has 0 bridgehead atoms. The molecule has 0 aromatic heterocycles. The van der Waals surface area contributed by atoms with Crippen molar-refractivity contribution in [3.63, 3.8) is 0 Å². The number of aliphatic hydroxyl groups excluding tert-OH is 1. The maximum atomic E-state index is 12.6. The van der Waals surface area contributed by atoms with Gasteiger partial charge in [0.25, 0.3) is 0 Å². The van der Waals surface area contributed by atoms with Gasteiger partial charge < -0.3 is 72.0 Å². The van der Waals surface area contributed by atoms with Crippen LogP contribution in [-0.2, 0) is 105 Å². The summed E-state index contributed by atoms with van der Waals surface area (Å²) in [6.45, 7) is 9.35. The van der Waals surface area contributed by atoms with Gasteiger partial charge in [-0.2, -0.15) is 0 Å². The lowest BCUT2D eigenvalue weighted by atomic mass is 9.94. The van der Waals surface area contributed by atoms with E-state index in [1.807, 2.05) is 0 Å². The summed E-state index contributed by atoms with van der Waals surface area (Å²) in [5, 5.41) is 13.8. The monoisotopic (exact) mass is 865 g/mol. The van der Waals surface area contributed by atoms with E-state index in [0.29, 0.717) is 0 Å². The van der Waals surface area contributed by atoms with Crippen LogP contribution in [0.1, 0.15) is 69.2 Å². The zero-order valence-corrected chi connectivity index (χ0v) is 34.5. The summed E-state index contributed by atoms with van der Waals surface area (Å²) in [6, 6.07) is -1.65. The minimum Gasteiger partial charge on any atom is -0.463 e. The highest BCUT2D eigenvalue weighted by Gasteiger charge is 2.58. The summed E-state index contributed by atoms with van der Waals surface area (Å²) in [4.78, 5) is 111. The van der Waals surface area contributed by atoms with Gasteiger partial charge in [0.15, 0.2) is 55.5 Å². The molecule has 15 atom stereocenters. The number of carbonyl (C=O) groups excluding carboxylic acids is 9. The zero-order valence-electron chi connectivity index (χ0n) is 34.5. The first-order valence-electron chi connectivity index (χ1n) is 18.5. The van der Waals surface area contributed by atoms with E-state index >= 15 is 0 Å². The molecule has 338 valence electrons. The van der Waals surface area contributed by atoms with Crippen molar-refractivity contribution < 1.29 is 110 Å². The quantitative estimate of drug-likeness (QED) is 0.135. The van der Waals surface area contributed by atoms with Gasteiger partial charge in [-0.15, -0.1) is 0 Å². The molecular formula is C36H51NO23. The number of nitrogens with one attached hydrogen (secondary N) is 1. The number of esters is 8. The molecule has 1 amide bonds. The number of amides is 1. The average Bonchev–Trinajstić information content (AvgIpc) is 3.10. The maximum absolute atomic E-state index is 12.6. The third-order valence-electron chi connectivity index (χ3n) is 8.65. The van der Waals surface area contributed by atoms with E-state index in [1.165, 1.54) is 6.92 Å². The van der Waals surface area contributed by atoms with E-state index in [1.54, 1.807) is 0 Å². The van der Waals surface area contributed by atoms with E-state index in [4.69, 9.17) is 61.6 Å². The first-order chi connectivity index (χ1) is 28.0. The van der Waals surface area contributed by atoms with Crippen molar-refractivity contribution in [2.75, 3.05) is 13.2 Å². The molecule has 0 aliphatic carbocycles. The van der Waals surface area contributed by atoms with Crippen molar-refractivity contribution in [3.8, 4) is 0 Å². The van der Waals surface area contributed by atoms with Crippen LogP contribution in [0.25, 0.3) is 0 Å². The van der Waals surface area contributed by atoms with Crippen LogP contribution < -0.4 is 5.32 Å². The largest absolute Gasteiger partial charge is 0.463 e. The predicted octanol–water partition coefficient (Wildman–Crippen LogP) is -1.84. The molecule has 0 aromatic rings. The molecule has 0 saturated carbocycles. The summed E-state index contributed by atoms with van der Waals surface area (Å²) in [5.41, 5.74) is 0. The van der Waals surface area contributed by atoms with Crippen molar-refractivity contribution in [2.45, 2.75) is 161 Å². The molecule has 2 N–H and O–H groups in total. The van der Waals surface area contributed by atoms with Gasteiger partial charge in [-0.25, -0.2) is 0 Å². The number of hydrogen-bond donors (Lipinski definition) is 2. The molecule has 3 fully saturated rings. The minimum absolute atomic E-state index is 0.651. The zero-order chi connectivity index (χ0) is 45.2. The van der Waals surface area contributed by atoms with Crippen LogP contribution in [-0.4, -0.2) is 164 Å². The molecule has 3 aliphatic rings. The van der Waals surface area contributed by atoms with Crippen LogP contribution in [0.15, 0.2) is 0 Å².